The van der Waals surface area contributed by atoms with E-state index in [4.69, 9.17) is 14.2 Å². The molecule has 1 aliphatic heterocycles. The standard InChI is InChI=1S/C14H21NO5/c1-10(13(16)15-11-5-3-2-4-6-11)20-14(17)12-9-18-7-8-19-12/h9-11H,2-8H2,1H3,(H,15,16)/t10-/m0/s1. The molecule has 1 atom stereocenters. The lowest BCUT2D eigenvalue weighted by Crippen LogP contribution is -2.43. The Labute approximate surface area is 118 Å². The first-order valence-electron chi connectivity index (χ1n) is 7.13. The Morgan fingerprint density at radius 2 is 2.05 bits per heavy atom. The van der Waals surface area contributed by atoms with Gasteiger partial charge in [0.15, 0.2) is 6.10 Å². The van der Waals surface area contributed by atoms with Crippen LogP contribution in [0.1, 0.15) is 39.0 Å². The Kier molecular flexibility index (Phi) is 5.26. The minimum absolute atomic E-state index is 0.00793. The molecule has 1 amide bonds. The van der Waals surface area contributed by atoms with Crippen LogP contribution in [0.2, 0.25) is 0 Å². The van der Waals surface area contributed by atoms with E-state index in [0.29, 0.717) is 13.2 Å². The van der Waals surface area contributed by atoms with Crippen molar-refractivity contribution in [1.82, 2.24) is 5.32 Å². The second-order valence-electron chi connectivity index (χ2n) is 5.09. The summed E-state index contributed by atoms with van der Waals surface area (Å²) in [7, 11) is 0. The number of ether oxygens (including phenoxy) is 3. The maximum absolute atomic E-state index is 11.9. The van der Waals surface area contributed by atoms with Crippen LogP contribution >= 0.6 is 0 Å². The maximum atomic E-state index is 11.9. The average molecular weight is 283 g/mol. The highest BCUT2D eigenvalue weighted by Gasteiger charge is 2.25. The van der Waals surface area contributed by atoms with Gasteiger partial charge >= 0.3 is 5.97 Å². The SMILES string of the molecule is C[C@H](OC(=O)C1=COCCO1)C(=O)NC1CCCCC1. The number of rotatable bonds is 4. The van der Waals surface area contributed by atoms with Crippen LogP contribution in [0.25, 0.3) is 0 Å². The predicted octanol–water partition coefficient (Wildman–Crippen LogP) is 1.26. The summed E-state index contributed by atoms with van der Waals surface area (Å²) in [4.78, 5) is 23.7. The van der Waals surface area contributed by atoms with Crippen molar-refractivity contribution in [3.8, 4) is 0 Å². The summed E-state index contributed by atoms with van der Waals surface area (Å²) in [6.45, 7) is 2.28. The largest absolute Gasteiger partial charge is 0.493 e. The minimum atomic E-state index is -0.837. The van der Waals surface area contributed by atoms with Crippen molar-refractivity contribution in [3.63, 3.8) is 0 Å². The summed E-state index contributed by atoms with van der Waals surface area (Å²) in [5.74, 6) is -0.924. The van der Waals surface area contributed by atoms with E-state index in [1.807, 2.05) is 0 Å². The molecule has 0 unspecified atom stereocenters. The second-order valence-corrected chi connectivity index (χ2v) is 5.09. The topological polar surface area (TPSA) is 73.9 Å². The molecule has 20 heavy (non-hydrogen) atoms. The van der Waals surface area contributed by atoms with E-state index in [1.165, 1.54) is 12.7 Å². The van der Waals surface area contributed by atoms with Gasteiger partial charge in [-0.25, -0.2) is 4.79 Å². The van der Waals surface area contributed by atoms with Crippen molar-refractivity contribution in [2.24, 2.45) is 0 Å². The van der Waals surface area contributed by atoms with Gasteiger partial charge in [-0.3, -0.25) is 4.79 Å². The first-order valence-corrected chi connectivity index (χ1v) is 7.13. The molecule has 0 saturated heterocycles. The normalized spacial score (nSPS) is 20.9. The molecule has 0 spiro atoms. The molecule has 112 valence electrons. The molecule has 6 nitrogen and oxygen atoms in total. The highest BCUT2D eigenvalue weighted by atomic mass is 16.6. The molecular formula is C14H21NO5. The van der Waals surface area contributed by atoms with E-state index < -0.39 is 12.1 Å². The Bertz CT molecular complexity index is 387. The van der Waals surface area contributed by atoms with Gasteiger partial charge in [0, 0.05) is 6.04 Å². The Hall–Kier alpha value is -1.72. The number of amides is 1. The fourth-order valence-corrected chi connectivity index (χ4v) is 2.31. The van der Waals surface area contributed by atoms with Crippen molar-refractivity contribution >= 4 is 11.9 Å². The van der Waals surface area contributed by atoms with E-state index in [9.17, 15) is 9.59 Å². The minimum Gasteiger partial charge on any atom is -0.493 e. The molecule has 0 bridgehead atoms. The summed E-state index contributed by atoms with van der Waals surface area (Å²) < 4.78 is 15.1. The quantitative estimate of drug-likeness (QED) is 0.786. The summed E-state index contributed by atoms with van der Waals surface area (Å²) in [6.07, 6.45) is 5.87. The molecule has 0 aromatic heterocycles. The Morgan fingerprint density at radius 3 is 2.70 bits per heavy atom. The molecule has 1 aliphatic carbocycles. The third-order valence-corrected chi connectivity index (χ3v) is 3.45. The maximum Gasteiger partial charge on any atom is 0.377 e. The summed E-state index contributed by atoms with van der Waals surface area (Å²) in [6, 6.07) is 0.200. The van der Waals surface area contributed by atoms with Crippen LogP contribution < -0.4 is 5.32 Å². The molecule has 0 aromatic rings. The lowest BCUT2D eigenvalue weighted by Gasteiger charge is -2.24. The molecule has 1 saturated carbocycles. The van der Waals surface area contributed by atoms with Gasteiger partial charge in [-0.15, -0.1) is 0 Å². The van der Waals surface area contributed by atoms with Crippen LogP contribution in [0, 0.1) is 0 Å². The first-order chi connectivity index (χ1) is 9.66. The van der Waals surface area contributed by atoms with E-state index in [-0.39, 0.29) is 17.7 Å². The highest BCUT2D eigenvalue weighted by molar-refractivity contribution is 5.89. The highest BCUT2D eigenvalue weighted by Crippen LogP contribution is 2.17. The molecule has 6 heteroatoms. The molecule has 2 rings (SSSR count). The monoisotopic (exact) mass is 283 g/mol. The summed E-state index contributed by atoms with van der Waals surface area (Å²) in [5.41, 5.74) is 0. The van der Waals surface area contributed by atoms with Gasteiger partial charge in [-0.05, 0) is 19.8 Å². The third-order valence-electron chi connectivity index (χ3n) is 3.45. The summed E-state index contributed by atoms with van der Waals surface area (Å²) >= 11 is 0. The van der Waals surface area contributed by atoms with Gasteiger partial charge in [0.25, 0.3) is 5.91 Å². The first kappa shape index (κ1) is 14.7. The van der Waals surface area contributed by atoms with Gasteiger partial charge < -0.3 is 19.5 Å². The zero-order valence-electron chi connectivity index (χ0n) is 11.7. The number of carbonyl (C=O) groups is 2. The van der Waals surface area contributed by atoms with Crippen molar-refractivity contribution in [3.05, 3.63) is 12.0 Å². The molecule has 1 heterocycles. The number of hydrogen-bond donors (Lipinski definition) is 1. The van der Waals surface area contributed by atoms with Crippen molar-refractivity contribution in [1.29, 1.82) is 0 Å². The Balaban J connectivity index is 1.77. The third kappa shape index (κ3) is 4.15. The van der Waals surface area contributed by atoms with Gasteiger partial charge in [0.05, 0.1) is 0 Å². The number of hydrogen-bond acceptors (Lipinski definition) is 5. The van der Waals surface area contributed by atoms with Crippen LogP contribution in [0.5, 0.6) is 0 Å². The number of nitrogens with one attached hydrogen (secondary N) is 1. The van der Waals surface area contributed by atoms with E-state index in [1.54, 1.807) is 6.92 Å². The van der Waals surface area contributed by atoms with Crippen LogP contribution in [0.15, 0.2) is 12.0 Å². The van der Waals surface area contributed by atoms with Gasteiger partial charge in [0.2, 0.25) is 5.76 Å². The molecule has 0 radical (unpaired) electrons. The fourth-order valence-electron chi connectivity index (χ4n) is 2.31. The Morgan fingerprint density at radius 1 is 1.30 bits per heavy atom. The lowest BCUT2D eigenvalue weighted by molar-refractivity contribution is -0.155. The van der Waals surface area contributed by atoms with E-state index in [2.05, 4.69) is 5.32 Å². The van der Waals surface area contributed by atoms with E-state index in [0.717, 1.165) is 25.7 Å². The number of esters is 1. The van der Waals surface area contributed by atoms with Crippen molar-refractivity contribution in [2.45, 2.75) is 51.2 Å². The van der Waals surface area contributed by atoms with Crippen LogP contribution in [-0.4, -0.2) is 37.2 Å². The predicted molar refractivity (Wildman–Crippen MR) is 70.6 cm³/mol. The zero-order valence-corrected chi connectivity index (χ0v) is 11.7. The molecule has 1 fully saturated rings. The molecule has 2 aliphatic rings. The molecule has 0 aromatic carbocycles. The second kappa shape index (κ2) is 7.17. The van der Waals surface area contributed by atoms with Gasteiger partial charge in [-0.2, -0.15) is 0 Å². The molecular weight excluding hydrogens is 262 g/mol. The fraction of sp³-hybridized carbons (Fsp3) is 0.714. The smallest absolute Gasteiger partial charge is 0.377 e. The number of carbonyl (C=O) groups excluding carboxylic acids is 2. The van der Waals surface area contributed by atoms with Crippen LogP contribution in [-0.2, 0) is 23.8 Å². The molecule has 1 N–H and O–H groups in total. The van der Waals surface area contributed by atoms with Crippen molar-refractivity contribution in [2.75, 3.05) is 13.2 Å². The van der Waals surface area contributed by atoms with Gasteiger partial charge in [-0.1, -0.05) is 19.3 Å². The van der Waals surface area contributed by atoms with Crippen LogP contribution in [0.4, 0.5) is 0 Å². The lowest BCUT2D eigenvalue weighted by atomic mass is 9.95. The average Bonchev–Trinajstić information content (AvgIpc) is 2.49. The summed E-state index contributed by atoms with van der Waals surface area (Å²) in [5, 5.41) is 2.92. The van der Waals surface area contributed by atoms with E-state index >= 15 is 0 Å². The zero-order chi connectivity index (χ0) is 14.4. The van der Waals surface area contributed by atoms with Crippen molar-refractivity contribution < 1.29 is 23.8 Å². The van der Waals surface area contributed by atoms with Crippen LogP contribution in [0.3, 0.4) is 0 Å². The van der Waals surface area contributed by atoms with Gasteiger partial charge in [0.1, 0.15) is 19.5 Å².